The summed E-state index contributed by atoms with van der Waals surface area (Å²) in [6, 6.07) is 0. The van der Waals surface area contributed by atoms with Crippen LogP contribution in [0.5, 0.6) is 0 Å². The van der Waals surface area contributed by atoms with Crippen LogP contribution in [0, 0.1) is 5.92 Å². The third-order valence-corrected chi connectivity index (χ3v) is 2.23. The predicted octanol–water partition coefficient (Wildman–Crippen LogP) is 1.63. The summed E-state index contributed by atoms with van der Waals surface area (Å²) in [7, 11) is 0. The number of nitrogens with two attached hydrogens (primary N) is 1. The molecule has 70 valence electrons. The molecule has 3 N–H and O–H groups in total. The van der Waals surface area contributed by atoms with Gasteiger partial charge >= 0.3 is 0 Å². The van der Waals surface area contributed by atoms with E-state index in [2.05, 4.69) is 11.9 Å². The van der Waals surface area contributed by atoms with Crippen LogP contribution >= 0.6 is 0 Å². The van der Waals surface area contributed by atoms with Crippen molar-refractivity contribution in [1.29, 1.82) is 0 Å². The van der Waals surface area contributed by atoms with Crippen molar-refractivity contribution in [2.75, 3.05) is 13.1 Å². The van der Waals surface area contributed by atoms with Gasteiger partial charge in [0, 0.05) is 5.70 Å². The van der Waals surface area contributed by atoms with E-state index in [-0.39, 0.29) is 0 Å². The van der Waals surface area contributed by atoms with Crippen LogP contribution in [0.25, 0.3) is 0 Å². The molecule has 0 radical (unpaired) electrons. The molecule has 0 aromatic heterocycles. The van der Waals surface area contributed by atoms with Crippen LogP contribution in [0.4, 0.5) is 0 Å². The Hall–Kier alpha value is -0.500. The van der Waals surface area contributed by atoms with Gasteiger partial charge < -0.3 is 11.1 Å². The summed E-state index contributed by atoms with van der Waals surface area (Å²) in [4.78, 5) is 0. The number of rotatable bonds is 7. The summed E-state index contributed by atoms with van der Waals surface area (Å²) in [5.41, 5.74) is 6.27. The highest BCUT2D eigenvalue weighted by Gasteiger charge is 2.19. The van der Waals surface area contributed by atoms with Gasteiger partial charge in [-0.1, -0.05) is 6.58 Å². The number of allylic oxidation sites excluding steroid dienone is 1. The molecule has 0 amide bonds. The van der Waals surface area contributed by atoms with Gasteiger partial charge in [-0.25, -0.2) is 0 Å². The molecule has 2 heteroatoms. The van der Waals surface area contributed by atoms with Crippen LogP contribution in [0.3, 0.4) is 0 Å². The van der Waals surface area contributed by atoms with Gasteiger partial charge in [-0.2, -0.15) is 0 Å². The summed E-state index contributed by atoms with van der Waals surface area (Å²) in [5, 5.41) is 3.45. The monoisotopic (exact) mass is 168 g/mol. The van der Waals surface area contributed by atoms with E-state index in [1.165, 1.54) is 32.2 Å². The molecule has 0 bridgehead atoms. The molecule has 2 nitrogen and oxygen atoms in total. The Balaban J connectivity index is 1.73. The van der Waals surface area contributed by atoms with E-state index < -0.39 is 0 Å². The molecule has 0 heterocycles. The minimum Gasteiger partial charge on any atom is -0.403 e. The maximum atomic E-state index is 5.45. The molecule has 0 saturated heterocycles. The Labute approximate surface area is 75.2 Å². The van der Waals surface area contributed by atoms with Crippen LogP contribution in [0.2, 0.25) is 0 Å². The summed E-state index contributed by atoms with van der Waals surface area (Å²) >= 11 is 0. The maximum absolute atomic E-state index is 5.45. The third kappa shape index (κ3) is 5.19. The van der Waals surface area contributed by atoms with Gasteiger partial charge in [0.05, 0.1) is 0 Å². The van der Waals surface area contributed by atoms with Crippen LogP contribution < -0.4 is 11.1 Å². The molecule has 1 rings (SSSR count). The first-order valence-corrected chi connectivity index (χ1v) is 4.93. The van der Waals surface area contributed by atoms with Crippen molar-refractivity contribution in [3.63, 3.8) is 0 Å². The largest absolute Gasteiger partial charge is 0.403 e. The Kier molecular flexibility index (Phi) is 4.15. The van der Waals surface area contributed by atoms with Crippen LogP contribution in [0.15, 0.2) is 12.3 Å². The molecule has 0 unspecified atom stereocenters. The molecule has 12 heavy (non-hydrogen) atoms. The highest BCUT2D eigenvalue weighted by atomic mass is 14.9. The molecule has 1 aliphatic rings. The molecule has 0 aromatic carbocycles. The molecule has 1 fully saturated rings. The van der Waals surface area contributed by atoms with Gasteiger partial charge in [0.1, 0.15) is 0 Å². The highest BCUT2D eigenvalue weighted by molar-refractivity contribution is 4.85. The lowest BCUT2D eigenvalue weighted by molar-refractivity contribution is 0.594. The zero-order chi connectivity index (χ0) is 8.81. The van der Waals surface area contributed by atoms with E-state index in [9.17, 15) is 0 Å². The molecular weight excluding hydrogens is 148 g/mol. The first-order chi connectivity index (χ1) is 5.79. The van der Waals surface area contributed by atoms with Gasteiger partial charge in [0.15, 0.2) is 0 Å². The smallest absolute Gasteiger partial charge is 0.000744 e. The lowest BCUT2D eigenvalue weighted by atomic mass is 10.2. The van der Waals surface area contributed by atoms with Crippen LogP contribution in [-0.2, 0) is 0 Å². The number of hydrogen-bond donors (Lipinski definition) is 2. The van der Waals surface area contributed by atoms with Crippen LogP contribution in [0.1, 0.15) is 32.1 Å². The molecular formula is C10H20N2. The zero-order valence-electron chi connectivity index (χ0n) is 7.81. The standard InChI is InChI=1S/C10H20N2/c1-9(11)4-2-3-7-12-8-10-5-6-10/h10,12H,1-8,11H2. The second-order valence-corrected chi connectivity index (χ2v) is 3.76. The van der Waals surface area contributed by atoms with Crippen molar-refractivity contribution in [2.45, 2.75) is 32.1 Å². The quantitative estimate of drug-likeness (QED) is 0.567. The average molecular weight is 168 g/mol. The van der Waals surface area contributed by atoms with Gasteiger partial charge in [-0.05, 0) is 51.1 Å². The predicted molar refractivity (Wildman–Crippen MR) is 52.8 cm³/mol. The average Bonchev–Trinajstić information content (AvgIpc) is 2.79. The minimum absolute atomic E-state index is 0.817. The Morgan fingerprint density at radius 2 is 2.17 bits per heavy atom. The lowest BCUT2D eigenvalue weighted by Crippen LogP contribution is -2.18. The van der Waals surface area contributed by atoms with Crippen molar-refractivity contribution < 1.29 is 0 Å². The molecule has 1 saturated carbocycles. The van der Waals surface area contributed by atoms with E-state index in [0.29, 0.717) is 0 Å². The molecule has 0 aliphatic heterocycles. The summed E-state index contributed by atoms with van der Waals surface area (Å²) < 4.78 is 0. The summed E-state index contributed by atoms with van der Waals surface area (Å²) in [6.45, 7) is 6.04. The second kappa shape index (κ2) is 5.20. The van der Waals surface area contributed by atoms with E-state index in [0.717, 1.165) is 24.6 Å². The number of nitrogens with one attached hydrogen (secondary N) is 1. The van der Waals surface area contributed by atoms with E-state index in [4.69, 9.17) is 5.73 Å². The molecule has 0 atom stereocenters. The van der Waals surface area contributed by atoms with Gasteiger partial charge in [0.2, 0.25) is 0 Å². The van der Waals surface area contributed by atoms with Crippen molar-refractivity contribution in [3.8, 4) is 0 Å². The van der Waals surface area contributed by atoms with Gasteiger partial charge in [-0.15, -0.1) is 0 Å². The van der Waals surface area contributed by atoms with Crippen molar-refractivity contribution in [1.82, 2.24) is 5.32 Å². The second-order valence-electron chi connectivity index (χ2n) is 3.76. The fourth-order valence-electron chi connectivity index (χ4n) is 1.23. The first kappa shape index (κ1) is 9.59. The molecule has 0 spiro atoms. The fraction of sp³-hybridized carbons (Fsp3) is 0.800. The lowest BCUT2D eigenvalue weighted by Gasteiger charge is -2.02. The fourth-order valence-corrected chi connectivity index (χ4v) is 1.23. The van der Waals surface area contributed by atoms with Gasteiger partial charge in [0.25, 0.3) is 0 Å². The summed E-state index contributed by atoms with van der Waals surface area (Å²) in [5.74, 6) is 0.995. The van der Waals surface area contributed by atoms with Crippen molar-refractivity contribution >= 4 is 0 Å². The third-order valence-electron chi connectivity index (χ3n) is 2.23. The Morgan fingerprint density at radius 3 is 2.75 bits per heavy atom. The summed E-state index contributed by atoms with van der Waals surface area (Å²) in [6.07, 6.45) is 6.25. The van der Waals surface area contributed by atoms with Gasteiger partial charge in [-0.3, -0.25) is 0 Å². The van der Waals surface area contributed by atoms with E-state index in [1.807, 2.05) is 0 Å². The van der Waals surface area contributed by atoms with Crippen LogP contribution in [-0.4, -0.2) is 13.1 Å². The molecule has 0 aromatic rings. The highest BCUT2D eigenvalue weighted by Crippen LogP contribution is 2.27. The normalized spacial score (nSPS) is 16.3. The number of unbranched alkanes of at least 4 members (excludes halogenated alkanes) is 1. The van der Waals surface area contributed by atoms with E-state index >= 15 is 0 Å². The van der Waals surface area contributed by atoms with Crippen molar-refractivity contribution in [3.05, 3.63) is 12.3 Å². The minimum atomic E-state index is 0.817. The molecule has 1 aliphatic carbocycles. The Morgan fingerprint density at radius 1 is 1.42 bits per heavy atom. The SMILES string of the molecule is C=C(N)CCCCNCC1CC1. The Bertz CT molecular complexity index is 139. The number of hydrogen-bond acceptors (Lipinski definition) is 2. The zero-order valence-corrected chi connectivity index (χ0v) is 7.81. The maximum Gasteiger partial charge on any atom is 0.000744 e. The topological polar surface area (TPSA) is 38.0 Å². The van der Waals surface area contributed by atoms with E-state index in [1.54, 1.807) is 0 Å². The van der Waals surface area contributed by atoms with Crippen molar-refractivity contribution in [2.24, 2.45) is 11.7 Å². The first-order valence-electron chi connectivity index (χ1n) is 4.93.